The van der Waals surface area contributed by atoms with Gasteiger partial charge in [-0.25, -0.2) is 18.1 Å². The van der Waals surface area contributed by atoms with Crippen molar-refractivity contribution in [3.8, 4) is 5.75 Å². The van der Waals surface area contributed by atoms with Gasteiger partial charge in [0.25, 0.3) is 0 Å². The Hall–Kier alpha value is -3.69. The lowest BCUT2D eigenvalue weighted by Gasteiger charge is -2.18. The lowest BCUT2D eigenvalue weighted by atomic mass is 10.1. The van der Waals surface area contributed by atoms with E-state index in [1.165, 1.54) is 0 Å². The summed E-state index contributed by atoms with van der Waals surface area (Å²) in [7, 11) is -2.20. The molecule has 1 atom stereocenters. The Labute approximate surface area is 203 Å². The van der Waals surface area contributed by atoms with Crippen molar-refractivity contribution in [3.63, 3.8) is 0 Å². The van der Waals surface area contributed by atoms with Crippen LogP contribution in [0.2, 0.25) is 0 Å². The molecule has 0 bridgehead atoms. The van der Waals surface area contributed by atoms with Gasteiger partial charge in [-0.3, -0.25) is 4.79 Å². The van der Waals surface area contributed by atoms with E-state index in [-0.39, 0.29) is 17.3 Å². The van der Waals surface area contributed by atoms with E-state index in [0.717, 1.165) is 27.1 Å². The lowest BCUT2D eigenvalue weighted by molar-refractivity contribution is -0.131. The molecule has 1 fully saturated rings. The highest BCUT2D eigenvalue weighted by Gasteiger charge is 2.32. The number of nitrogen functional groups attached to an aromatic ring is 1. The molecule has 1 amide bonds. The first-order chi connectivity index (χ1) is 16.8. The fourth-order valence-electron chi connectivity index (χ4n) is 4.50. The molecular formula is C26H26N4O4S. The van der Waals surface area contributed by atoms with Crippen LogP contribution in [0.1, 0.15) is 12.0 Å². The third kappa shape index (κ3) is 4.65. The van der Waals surface area contributed by atoms with Gasteiger partial charge >= 0.3 is 0 Å². The molecule has 9 heteroatoms. The number of methoxy groups -OCH3 is 1. The molecule has 8 nitrogen and oxygen atoms in total. The predicted molar refractivity (Wildman–Crippen MR) is 135 cm³/mol. The fourth-order valence-corrected chi connectivity index (χ4v) is 5.61. The molecule has 3 aromatic carbocycles. The van der Waals surface area contributed by atoms with Crippen LogP contribution in [0.25, 0.3) is 21.5 Å². The second-order valence-electron chi connectivity index (χ2n) is 8.72. The summed E-state index contributed by atoms with van der Waals surface area (Å²) in [6, 6.07) is 18.2. The van der Waals surface area contributed by atoms with Crippen molar-refractivity contribution in [2.75, 3.05) is 25.9 Å². The highest BCUT2D eigenvalue weighted by molar-refractivity contribution is 7.89. The molecule has 1 aliphatic rings. The maximum atomic E-state index is 13.0. The minimum Gasteiger partial charge on any atom is -0.497 e. The second kappa shape index (κ2) is 9.16. The molecule has 4 aromatic rings. The average Bonchev–Trinajstić information content (AvgIpc) is 3.21. The van der Waals surface area contributed by atoms with Crippen LogP contribution in [0.5, 0.6) is 5.75 Å². The smallest absolute Gasteiger partial charge is 0.240 e. The fraction of sp³-hybridized carbons (Fsp3) is 0.231. The number of amides is 1. The number of hydrogen-bond acceptors (Lipinski definition) is 6. The second-order valence-corrected chi connectivity index (χ2v) is 10.5. The van der Waals surface area contributed by atoms with Gasteiger partial charge in [0.05, 0.1) is 17.9 Å². The first-order valence-electron chi connectivity index (χ1n) is 11.3. The number of nitrogens with two attached hydrogens (primary N) is 1. The van der Waals surface area contributed by atoms with Crippen LogP contribution in [0, 0.1) is 5.92 Å². The molecular weight excluding hydrogens is 464 g/mol. The first kappa shape index (κ1) is 23.1. The lowest BCUT2D eigenvalue weighted by Crippen LogP contribution is -2.34. The van der Waals surface area contributed by atoms with Crippen LogP contribution in [0.15, 0.2) is 71.8 Å². The molecule has 0 radical (unpaired) electrons. The summed E-state index contributed by atoms with van der Waals surface area (Å²) in [5, 5.41) is 3.53. The number of carbonyl (C=O) groups excluding carboxylic acids is 1. The summed E-state index contributed by atoms with van der Waals surface area (Å²) >= 11 is 0. The van der Waals surface area contributed by atoms with Gasteiger partial charge in [0.1, 0.15) is 11.6 Å². The third-order valence-corrected chi connectivity index (χ3v) is 7.91. The van der Waals surface area contributed by atoms with Crippen LogP contribution < -0.4 is 15.2 Å². The normalized spacial score (nSPS) is 16.3. The number of sulfonamides is 1. The highest BCUT2D eigenvalue weighted by Crippen LogP contribution is 2.26. The van der Waals surface area contributed by atoms with Crippen molar-refractivity contribution in [1.82, 2.24) is 14.6 Å². The first-order valence-corrected chi connectivity index (χ1v) is 12.8. The van der Waals surface area contributed by atoms with Crippen molar-refractivity contribution < 1.29 is 17.9 Å². The maximum absolute atomic E-state index is 13.0. The molecule has 0 spiro atoms. The number of aromatic nitrogens is 1. The van der Waals surface area contributed by atoms with Gasteiger partial charge < -0.3 is 15.4 Å². The molecule has 35 heavy (non-hydrogen) atoms. The van der Waals surface area contributed by atoms with Gasteiger partial charge in [0, 0.05) is 31.2 Å². The van der Waals surface area contributed by atoms with Crippen molar-refractivity contribution in [3.05, 3.63) is 72.4 Å². The minimum absolute atomic E-state index is 0.0579. The average molecular weight is 491 g/mol. The van der Waals surface area contributed by atoms with Crippen LogP contribution in [0.4, 0.5) is 5.82 Å². The molecule has 0 saturated carbocycles. The summed E-state index contributed by atoms with van der Waals surface area (Å²) in [6.07, 6.45) is 2.26. The van der Waals surface area contributed by atoms with Crippen molar-refractivity contribution in [2.24, 2.45) is 5.92 Å². The largest absolute Gasteiger partial charge is 0.497 e. The summed E-state index contributed by atoms with van der Waals surface area (Å²) in [5.41, 5.74) is 6.95. The SMILES string of the molecule is COc1ccc2ccc(S(=O)(=O)NCC3CCN(Cc4ccc5ccnc(N)c5c4)C3=O)cc2c1. The zero-order valence-electron chi connectivity index (χ0n) is 19.3. The number of nitrogens with one attached hydrogen (secondary N) is 1. The number of ether oxygens (including phenoxy) is 1. The Morgan fingerprint density at radius 1 is 1.06 bits per heavy atom. The summed E-state index contributed by atoms with van der Waals surface area (Å²) in [4.78, 5) is 19.0. The number of nitrogens with zero attached hydrogens (tertiary/aromatic N) is 2. The number of pyridine rings is 1. The molecule has 1 aromatic heterocycles. The van der Waals surface area contributed by atoms with E-state index in [9.17, 15) is 13.2 Å². The molecule has 1 aliphatic heterocycles. The molecule has 180 valence electrons. The number of fused-ring (bicyclic) bond motifs is 2. The van der Waals surface area contributed by atoms with E-state index >= 15 is 0 Å². The number of benzene rings is 3. The van der Waals surface area contributed by atoms with Gasteiger partial charge in [-0.05, 0) is 64.5 Å². The summed E-state index contributed by atoms with van der Waals surface area (Å²) in [5.74, 6) is 0.645. The summed E-state index contributed by atoms with van der Waals surface area (Å²) < 4.78 is 33.7. The summed E-state index contributed by atoms with van der Waals surface area (Å²) in [6.45, 7) is 1.07. The predicted octanol–water partition coefficient (Wildman–Crippen LogP) is 3.31. The van der Waals surface area contributed by atoms with Gasteiger partial charge in [-0.1, -0.05) is 24.3 Å². The standard InChI is InChI=1S/C26H26N4O4S/c1-34-22-6-4-18-5-7-23(14-21(18)13-22)35(32,33)29-15-20-9-11-30(26(20)31)16-17-2-3-19-8-10-28-25(27)24(19)12-17/h2-8,10,12-14,20,29H,9,11,15-16H2,1H3,(H2,27,28). The zero-order chi connectivity index (χ0) is 24.6. The van der Waals surface area contributed by atoms with Crippen LogP contribution >= 0.6 is 0 Å². The molecule has 1 saturated heterocycles. The van der Waals surface area contributed by atoms with Gasteiger partial charge in [0.2, 0.25) is 15.9 Å². The van der Waals surface area contributed by atoms with Gasteiger partial charge in [-0.15, -0.1) is 0 Å². The quantitative estimate of drug-likeness (QED) is 0.411. The Balaban J connectivity index is 1.25. The minimum atomic E-state index is -3.77. The number of rotatable bonds is 7. The Morgan fingerprint density at radius 3 is 2.69 bits per heavy atom. The van der Waals surface area contributed by atoms with E-state index in [4.69, 9.17) is 10.5 Å². The zero-order valence-corrected chi connectivity index (χ0v) is 20.1. The van der Waals surface area contributed by atoms with Crippen LogP contribution in [0.3, 0.4) is 0 Å². The number of likely N-dealkylation sites (tertiary alicyclic amines) is 1. The Bertz CT molecular complexity index is 1540. The topological polar surface area (TPSA) is 115 Å². The molecule has 2 heterocycles. The Kier molecular flexibility index (Phi) is 6.04. The molecule has 5 rings (SSSR count). The van der Waals surface area contributed by atoms with E-state index in [0.29, 0.717) is 31.1 Å². The van der Waals surface area contributed by atoms with Crippen LogP contribution in [-0.2, 0) is 21.4 Å². The van der Waals surface area contributed by atoms with E-state index in [1.54, 1.807) is 42.5 Å². The van der Waals surface area contributed by atoms with E-state index < -0.39 is 15.9 Å². The van der Waals surface area contributed by atoms with Crippen molar-refractivity contribution >= 4 is 43.3 Å². The highest BCUT2D eigenvalue weighted by atomic mass is 32.2. The Morgan fingerprint density at radius 2 is 1.86 bits per heavy atom. The van der Waals surface area contributed by atoms with E-state index in [2.05, 4.69) is 9.71 Å². The van der Waals surface area contributed by atoms with E-state index in [1.807, 2.05) is 36.4 Å². The molecule has 3 N–H and O–H groups in total. The monoisotopic (exact) mass is 490 g/mol. The maximum Gasteiger partial charge on any atom is 0.240 e. The van der Waals surface area contributed by atoms with Gasteiger partial charge in [-0.2, -0.15) is 0 Å². The van der Waals surface area contributed by atoms with Crippen LogP contribution in [-0.4, -0.2) is 44.4 Å². The third-order valence-electron chi connectivity index (χ3n) is 6.49. The molecule has 1 unspecified atom stereocenters. The number of hydrogen-bond donors (Lipinski definition) is 2. The number of carbonyl (C=O) groups is 1. The van der Waals surface area contributed by atoms with Crippen molar-refractivity contribution in [2.45, 2.75) is 17.9 Å². The molecule has 0 aliphatic carbocycles. The van der Waals surface area contributed by atoms with Crippen molar-refractivity contribution in [1.29, 1.82) is 0 Å². The van der Waals surface area contributed by atoms with Gasteiger partial charge in [0.15, 0.2) is 0 Å². The number of anilines is 1.